The second-order valence-electron chi connectivity index (χ2n) is 31.0. The predicted octanol–water partition coefficient (Wildman–Crippen LogP) is 9.69. The van der Waals surface area contributed by atoms with Gasteiger partial charge in [0.15, 0.2) is 0 Å². The average Bonchev–Trinajstić information content (AvgIpc) is 1.54. The number of rotatable bonds is 8. The second kappa shape index (κ2) is 27.2. The molecular weight excluding hydrogens is 1320 g/mol. The first kappa shape index (κ1) is 69.5. The molecule has 3 saturated carbocycles. The van der Waals surface area contributed by atoms with E-state index in [0.717, 1.165) is 129 Å². The highest BCUT2D eigenvalue weighted by Crippen LogP contribution is 2.62. The third-order valence-corrected chi connectivity index (χ3v) is 27.0. The molecule has 6 saturated heterocycles. The van der Waals surface area contributed by atoms with Crippen LogP contribution in [-0.4, -0.2) is 175 Å². The van der Waals surface area contributed by atoms with Crippen molar-refractivity contribution >= 4 is 75.4 Å². The molecule has 9 heterocycles. The van der Waals surface area contributed by atoms with Crippen molar-refractivity contribution in [1.29, 1.82) is 0 Å². The minimum absolute atomic E-state index is 0.0115. The third kappa shape index (κ3) is 10.7. The second-order valence-corrected chi connectivity index (χ2v) is 31.0. The van der Waals surface area contributed by atoms with Crippen LogP contribution in [0.1, 0.15) is 93.7 Å². The van der Waals surface area contributed by atoms with Crippen molar-refractivity contribution in [2.45, 2.75) is 130 Å². The molecule has 6 aromatic rings. The lowest BCUT2D eigenvalue weighted by molar-refractivity contribution is -0.384. The third-order valence-electron chi connectivity index (χ3n) is 27.0. The largest absolute Gasteiger partial charge is 0.497 e. The number of amides is 3. The molecule has 0 unspecified atom stereocenters. The summed E-state index contributed by atoms with van der Waals surface area (Å²) in [6.45, 7) is 5.04. The van der Waals surface area contributed by atoms with Gasteiger partial charge in [0, 0.05) is 67.0 Å². The van der Waals surface area contributed by atoms with Crippen LogP contribution in [0.25, 0.3) is 0 Å². The van der Waals surface area contributed by atoms with Gasteiger partial charge >= 0.3 is 17.9 Å². The number of ether oxygens (including phenoxy) is 4. The zero-order chi connectivity index (χ0) is 72.3. The quantitative estimate of drug-likeness (QED) is 0.0554. The van der Waals surface area contributed by atoms with Gasteiger partial charge in [-0.05, 0) is 216 Å². The number of fused-ring (bicyclic) bond motifs is 15. The van der Waals surface area contributed by atoms with E-state index >= 15 is 0 Å². The Morgan fingerprint density at radius 1 is 0.423 bits per heavy atom. The van der Waals surface area contributed by atoms with E-state index in [2.05, 4.69) is 26.8 Å². The summed E-state index contributed by atoms with van der Waals surface area (Å²) in [5.41, 5.74) is 6.05. The number of nitro benzene ring substituents is 1. The molecular formula is C82H91N7O15. The maximum Gasteiger partial charge on any atom is 0.311 e. The first-order chi connectivity index (χ1) is 50.4. The lowest BCUT2D eigenvalue weighted by Crippen LogP contribution is -2.58. The smallest absolute Gasteiger partial charge is 0.311 e. The fraction of sp³-hybridized carbons (Fsp3) is 0.488. The first-order valence-electron chi connectivity index (χ1n) is 37.2. The van der Waals surface area contributed by atoms with Crippen molar-refractivity contribution in [1.82, 2.24) is 14.7 Å². The molecule has 18 rings (SSSR count). The van der Waals surface area contributed by atoms with E-state index in [0.29, 0.717) is 56.0 Å². The molecule has 3 aliphatic carbocycles. The molecule has 0 radical (unpaired) electrons. The number of aliphatic hydroxyl groups is 3. The number of hydrogen-bond acceptors (Lipinski definition) is 18. The van der Waals surface area contributed by atoms with Crippen LogP contribution in [0, 0.1) is 63.4 Å². The van der Waals surface area contributed by atoms with Crippen LogP contribution in [0.15, 0.2) is 152 Å². The Kier molecular flexibility index (Phi) is 18.2. The lowest BCUT2D eigenvalue weighted by atomic mass is 9.62. The molecule has 3 N–H and O–H groups in total. The van der Waals surface area contributed by atoms with E-state index in [1.807, 2.05) is 125 Å². The number of hydrogen-bond donors (Lipinski definition) is 3. The summed E-state index contributed by atoms with van der Waals surface area (Å²) in [6.07, 6.45) is 6.69. The SMILES string of the molecule is COC(=O)[C@@H]1[C@H]2C[C@@H]3N(CC[C@@]34C(=O)N(c3ccc(OC)cc3)c3ccccc34)C[C@@H]2CC[C@@H]1O.COC(=O)[C@@H]1[C@H]2C[C@@H]3N(CC[C@@]34C(=O)N(c3ccc([N+](=O)[O-])cc3)c3ccccc34)C[C@@H]2CC[C@@H]1O.COC(=O)[C@@H]1[C@H]2C[C@@H]3N(CC[C@@]34C(=O)N(c3ccccc3)c3ccccc34)C[C@@H]2CC[C@@H]1O. The molecule has 0 bridgehead atoms. The van der Waals surface area contributed by atoms with Crippen LogP contribution in [0.4, 0.5) is 39.8 Å². The summed E-state index contributed by atoms with van der Waals surface area (Å²) in [6, 6.07) is 47.6. The van der Waals surface area contributed by atoms with Gasteiger partial charge in [-0.1, -0.05) is 72.8 Å². The van der Waals surface area contributed by atoms with Gasteiger partial charge in [-0.15, -0.1) is 0 Å². The number of nitro groups is 1. The lowest BCUT2D eigenvalue weighted by Gasteiger charge is -2.50. The number of para-hydroxylation sites is 4. The standard InChI is InChI=1S/C28H32N2O5.C27H29N3O6.C27H30N2O4/c1-34-19-10-8-18(9-11-19)30-22-6-4-3-5-21(22)28(27(30)33)13-14-29-16-17-7-12-23(31)25(26(32)35-2)20(17)15-24(28)29;1-36-25(32)24-19-14-23-27(12-13-28(23)15-16(19)6-11-22(24)31)20-4-2-3-5-21(20)29(26(27)33)17-7-9-18(10-8-17)30(34)35;1-33-25(31)24-19-15-23-27(13-14-28(23)16-17(19)11-12-22(24)30)20-9-5-6-10-21(20)29(26(27)32)18-7-3-2-4-8-18/h3-6,8-11,17,20,23-25,31H,7,12-16H2,1-2H3;2-5,7-10,16,19,22-24,31H,6,11-15H2,1H3;2-10,17,19,22-24,30H,11-16H2,1H3/t17-,20-,23-,24-,25+,28-;16-,19-,22-,23-,24+,27-;17-,19-,22-,23-,24+,27-/m000/s1. The van der Waals surface area contributed by atoms with Gasteiger partial charge < -0.3 is 34.3 Å². The highest BCUT2D eigenvalue weighted by atomic mass is 16.6. The summed E-state index contributed by atoms with van der Waals surface area (Å²) in [5, 5.41) is 43.4. The van der Waals surface area contributed by atoms with Crippen molar-refractivity contribution in [3.05, 3.63) is 178 Å². The first-order valence-corrected chi connectivity index (χ1v) is 37.2. The van der Waals surface area contributed by atoms with Gasteiger partial charge in [0.25, 0.3) is 5.69 Å². The maximum atomic E-state index is 14.4. The summed E-state index contributed by atoms with van der Waals surface area (Å²) in [7, 11) is 5.80. The van der Waals surface area contributed by atoms with Crippen LogP contribution >= 0.6 is 0 Å². The maximum absolute atomic E-state index is 14.4. The van der Waals surface area contributed by atoms with E-state index in [4.69, 9.17) is 18.9 Å². The normalized spacial score (nSPS) is 34.1. The van der Waals surface area contributed by atoms with Crippen LogP contribution in [0.5, 0.6) is 5.75 Å². The van der Waals surface area contributed by atoms with Crippen molar-refractivity contribution < 1.29 is 68.0 Å². The molecule has 9 fully saturated rings. The highest BCUT2D eigenvalue weighted by Gasteiger charge is 2.67. The molecule has 544 valence electrons. The molecule has 18 atom stereocenters. The molecule has 9 aliphatic heterocycles. The Bertz CT molecular complexity index is 4330. The Hall–Kier alpha value is -8.90. The Balaban J connectivity index is 0.000000120. The summed E-state index contributed by atoms with van der Waals surface area (Å²) < 4.78 is 20.6. The zero-order valence-electron chi connectivity index (χ0n) is 59.2. The highest BCUT2D eigenvalue weighted by molar-refractivity contribution is 6.16. The molecule has 22 heteroatoms. The Labute approximate surface area is 604 Å². The number of anilines is 6. The van der Waals surface area contributed by atoms with Gasteiger partial charge in [-0.2, -0.15) is 0 Å². The van der Waals surface area contributed by atoms with E-state index in [1.54, 1.807) is 24.1 Å². The van der Waals surface area contributed by atoms with Crippen molar-refractivity contribution in [2.75, 3.05) is 82.4 Å². The van der Waals surface area contributed by atoms with E-state index in [9.17, 15) is 54.2 Å². The van der Waals surface area contributed by atoms with Crippen LogP contribution in [-0.2, 0) is 59.2 Å². The average molecular weight is 1410 g/mol. The topological polar surface area (TPSA) is 263 Å². The van der Waals surface area contributed by atoms with E-state index < -0.39 is 57.2 Å². The van der Waals surface area contributed by atoms with Gasteiger partial charge in [0.2, 0.25) is 17.7 Å². The van der Waals surface area contributed by atoms with Crippen LogP contribution < -0.4 is 19.4 Å². The van der Waals surface area contributed by atoms with Crippen molar-refractivity contribution in [3.63, 3.8) is 0 Å². The number of esters is 3. The number of methoxy groups -OCH3 is 4. The monoisotopic (exact) mass is 1410 g/mol. The number of nitrogens with zero attached hydrogens (tertiary/aromatic N) is 7. The summed E-state index contributed by atoms with van der Waals surface area (Å²) in [4.78, 5) is 105. The number of piperidine rings is 3. The van der Waals surface area contributed by atoms with E-state index in [-0.39, 0.29) is 83.1 Å². The molecule has 104 heavy (non-hydrogen) atoms. The van der Waals surface area contributed by atoms with Gasteiger partial charge in [-0.3, -0.25) is 68.3 Å². The number of aliphatic hydroxyl groups excluding tert-OH is 3. The Morgan fingerprint density at radius 2 is 0.731 bits per heavy atom. The Morgan fingerprint density at radius 3 is 1.05 bits per heavy atom. The molecule has 22 nitrogen and oxygen atoms in total. The molecule has 12 aliphatic rings. The summed E-state index contributed by atoms with van der Waals surface area (Å²) >= 11 is 0. The fourth-order valence-corrected chi connectivity index (χ4v) is 22.3. The predicted molar refractivity (Wildman–Crippen MR) is 385 cm³/mol. The minimum Gasteiger partial charge on any atom is -0.497 e. The van der Waals surface area contributed by atoms with Crippen LogP contribution in [0.2, 0.25) is 0 Å². The fourth-order valence-electron chi connectivity index (χ4n) is 22.3. The number of non-ortho nitro benzene ring substituents is 1. The van der Waals surface area contributed by atoms with Crippen molar-refractivity contribution in [2.24, 2.45) is 53.3 Å². The van der Waals surface area contributed by atoms with Gasteiger partial charge in [0.05, 0.1) is 103 Å². The molecule has 3 amide bonds. The summed E-state index contributed by atoms with van der Waals surface area (Å²) in [5.74, 6) is -0.733. The van der Waals surface area contributed by atoms with Crippen LogP contribution in [0.3, 0.4) is 0 Å². The minimum atomic E-state index is -0.771. The number of benzene rings is 6. The molecule has 3 spiro atoms. The number of carbonyl (C=O) groups is 6. The zero-order valence-corrected chi connectivity index (χ0v) is 59.2. The molecule has 0 aromatic heterocycles. The molecule has 6 aromatic carbocycles. The van der Waals surface area contributed by atoms with Gasteiger partial charge in [-0.25, -0.2) is 0 Å². The van der Waals surface area contributed by atoms with Crippen molar-refractivity contribution in [3.8, 4) is 5.75 Å². The van der Waals surface area contributed by atoms with Gasteiger partial charge in [0.1, 0.15) is 5.75 Å². The van der Waals surface area contributed by atoms with E-state index in [1.165, 1.54) is 33.5 Å². The number of carbonyl (C=O) groups excluding carboxylic acids is 6.